The van der Waals surface area contributed by atoms with Crippen LogP contribution in [0.15, 0.2) is 47.4 Å². The lowest BCUT2D eigenvalue weighted by Crippen LogP contribution is -2.24. The topological polar surface area (TPSA) is 46.2 Å². The third kappa shape index (κ3) is 4.98. The minimum absolute atomic E-state index is 0.0159. The second-order valence-corrected chi connectivity index (χ2v) is 7.32. The van der Waals surface area contributed by atoms with Crippen molar-refractivity contribution < 1.29 is 34.8 Å². The summed E-state index contributed by atoms with van der Waals surface area (Å²) in [5, 5.41) is 0. The molecular weight excluding hydrogens is 384 g/mol. The summed E-state index contributed by atoms with van der Waals surface area (Å²) in [6.45, 7) is 1.01. The van der Waals surface area contributed by atoms with Crippen molar-refractivity contribution in [1.82, 2.24) is 4.72 Å². The lowest BCUT2D eigenvalue weighted by Gasteiger charge is -2.14. The van der Waals surface area contributed by atoms with E-state index in [-0.39, 0.29) is 11.0 Å². The zero-order valence-corrected chi connectivity index (χ0v) is 14.1. The van der Waals surface area contributed by atoms with E-state index in [1.54, 1.807) is 6.92 Å². The second kappa shape index (κ2) is 6.92. The predicted octanol–water partition coefficient (Wildman–Crippen LogP) is 4.51. The highest BCUT2D eigenvalue weighted by Crippen LogP contribution is 2.36. The molecule has 0 aliphatic rings. The van der Waals surface area contributed by atoms with Crippen LogP contribution in [0.5, 0.6) is 0 Å². The molecule has 0 aliphatic heterocycles. The van der Waals surface area contributed by atoms with Crippen LogP contribution < -0.4 is 4.72 Å². The molecule has 0 saturated heterocycles. The van der Waals surface area contributed by atoms with Crippen LogP contribution >= 0.6 is 0 Å². The molecule has 0 aliphatic carbocycles. The first-order chi connectivity index (χ1) is 11.8. The van der Waals surface area contributed by atoms with Crippen molar-refractivity contribution in [3.63, 3.8) is 0 Å². The van der Waals surface area contributed by atoms with Gasteiger partial charge >= 0.3 is 12.4 Å². The normalized spacial score (nSPS) is 13.0. The Kier molecular flexibility index (Phi) is 5.39. The Morgan fingerprint density at radius 1 is 0.846 bits per heavy atom. The fourth-order valence-electron chi connectivity index (χ4n) is 2.10. The Morgan fingerprint density at radius 2 is 1.31 bits per heavy atom. The van der Waals surface area contributed by atoms with Crippen molar-refractivity contribution in [3.8, 4) is 0 Å². The fraction of sp³-hybridized carbons (Fsp3) is 0.250. The van der Waals surface area contributed by atoms with Crippen LogP contribution in [0.4, 0.5) is 26.3 Å². The van der Waals surface area contributed by atoms with E-state index in [1.807, 2.05) is 4.72 Å². The first-order valence-electron chi connectivity index (χ1n) is 7.14. The number of sulfonamides is 1. The molecular formula is C16H13F6NO2S. The van der Waals surface area contributed by atoms with Crippen molar-refractivity contribution >= 4 is 10.0 Å². The summed E-state index contributed by atoms with van der Waals surface area (Å²) in [5.74, 6) is 0. The van der Waals surface area contributed by atoms with Crippen LogP contribution in [0.1, 0.15) is 22.3 Å². The van der Waals surface area contributed by atoms with E-state index < -0.39 is 45.6 Å². The van der Waals surface area contributed by atoms with Gasteiger partial charge in [-0.1, -0.05) is 17.7 Å². The predicted molar refractivity (Wildman–Crippen MR) is 81.7 cm³/mol. The Hall–Kier alpha value is -2.07. The van der Waals surface area contributed by atoms with Crippen LogP contribution in [0.3, 0.4) is 0 Å². The summed E-state index contributed by atoms with van der Waals surface area (Å²) in [7, 11) is -4.08. The van der Waals surface area contributed by atoms with Crippen LogP contribution in [-0.4, -0.2) is 8.42 Å². The second-order valence-electron chi connectivity index (χ2n) is 5.55. The maximum atomic E-state index is 12.8. The standard InChI is InChI=1S/C16H13F6NO2S/c1-10-2-4-14(5-3-10)26(24,25)23-9-11-6-12(15(17,18)19)8-13(7-11)16(20,21)22/h2-8,23H,9H2,1H3. The lowest BCUT2D eigenvalue weighted by atomic mass is 10.0. The molecule has 0 saturated carbocycles. The smallest absolute Gasteiger partial charge is 0.207 e. The van der Waals surface area contributed by atoms with Gasteiger partial charge in [-0.25, -0.2) is 13.1 Å². The van der Waals surface area contributed by atoms with Gasteiger partial charge in [0.1, 0.15) is 0 Å². The van der Waals surface area contributed by atoms with Gasteiger partial charge < -0.3 is 0 Å². The number of benzene rings is 2. The quantitative estimate of drug-likeness (QED) is 0.772. The average Bonchev–Trinajstić information content (AvgIpc) is 2.51. The molecule has 2 aromatic rings. The van der Waals surface area contributed by atoms with E-state index in [4.69, 9.17) is 0 Å². The molecule has 0 heterocycles. The Labute approximate surface area is 145 Å². The molecule has 142 valence electrons. The molecule has 1 N–H and O–H groups in total. The van der Waals surface area contributed by atoms with Gasteiger partial charge in [-0.2, -0.15) is 26.3 Å². The third-order valence-electron chi connectivity index (χ3n) is 3.45. The number of alkyl halides is 6. The van der Waals surface area contributed by atoms with Crippen molar-refractivity contribution in [2.75, 3.05) is 0 Å². The highest BCUT2D eigenvalue weighted by atomic mass is 32.2. The van der Waals surface area contributed by atoms with Gasteiger partial charge in [0.2, 0.25) is 10.0 Å². The highest BCUT2D eigenvalue weighted by molar-refractivity contribution is 7.89. The van der Waals surface area contributed by atoms with E-state index in [9.17, 15) is 34.8 Å². The fourth-order valence-corrected chi connectivity index (χ4v) is 3.12. The number of hydrogen-bond donors (Lipinski definition) is 1. The van der Waals surface area contributed by atoms with Crippen LogP contribution in [0.2, 0.25) is 0 Å². The number of hydrogen-bond acceptors (Lipinski definition) is 2. The van der Waals surface area contributed by atoms with Crippen LogP contribution in [0, 0.1) is 6.92 Å². The van der Waals surface area contributed by atoms with Gasteiger partial charge in [-0.05, 0) is 42.8 Å². The minimum atomic E-state index is -4.99. The summed E-state index contributed by atoms with van der Waals surface area (Å²) in [6.07, 6.45) is -9.99. The van der Waals surface area contributed by atoms with Crippen LogP contribution in [-0.2, 0) is 28.9 Å². The van der Waals surface area contributed by atoms with Crippen molar-refractivity contribution in [2.45, 2.75) is 30.7 Å². The molecule has 2 rings (SSSR count). The molecule has 0 fully saturated rings. The van der Waals surface area contributed by atoms with Crippen molar-refractivity contribution in [2.24, 2.45) is 0 Å². The zero-order valence-electron chi connectivity index (χ0n) is 13.2. The zero-order chi connectivity index (χ0) is 19.8. The molecule has 3 nitrogen and oxygen atoms in total. The maximum absolute atomic E-state index is 12.8. The molecule has 0 bridgehead atoms. The number of rotatable bonds is 4. The van der Waals surface area contributed by atoms with E-state index in [0.29, 0.717) is 12.1 Å². The number of nitrogens with one attached hydrogen (secondary N) is 1. The molecule has 0 unspecified atom stereocenters. The third-order valence-corrected chi connectivity index (χ3v) is 4.86. The van der Waals surface area contributed by atoms with E-state index in [1.165, 1.54) is 24.3 Å². The molecule has 2 aromatic carbocycles. The number of halogens is 6. The van der Waals surface area contributed by atoms with Crippen LogP contribution in [0.25, 0.3) is 0 Å². The van der Waals surface area contributed by atoms with Gasteiger partial charge in [0, 0.05) is 6.54 Å². The maximum Gasteiger partial charge on any atom is 0.416 e. The molecule has 0 aromatic heterocycles. The molecule has 0 radical (unpaired) electrons. The van der Waals surface area contributed by atoms with Gasteiger partial charge in [-0.15, -0.1) is 0 Å². The summed E-state index contributed by atoms with van der Waals surface area (Å²) in [6, 6.07) is 6.54. The highest BCUT2D eigenvalue weighted by Gasteiger charge is 2.36. The average molecular weight is 397 g/mol. The van der Waals surface area contributed by atoms with Crippen molar-refractivity contribution in [1.29, 1.82) is 0 Å². The molecule has 26 heavy (non-hydrogen) atoms. The van der Waals surface area contributed by atoms with Crippen molar-refractivity contribution in [3.05, 3.63) is 64.7 Å². The summed E-state index contributed by atoms with van der Waals surface area (Å²) < 4.78 is 103. The summed E-state index contributed by atoms with van der Waals surface area (Å²) in [5.41, 5.74) is -2.67. The molecule has 0 spiro atoms. The van der Waals surface area contributed by atoms with E-state index >= 15 is 0 Å². The van der Waals surface area contributed by atoms with Gasteiger partial charge in [-0.3, -0.25) is 0 Å². The SMILES string of the molecule is Cc1ccc(S(=O)(=O)NCc2cc(C(F)(F)F)cc(C(F)(F)F)c2)cc1. The van der Waals surface area contributed by atoms with Gasteiger partial charge in [0.15, 0.2) is 0 Å². The number of aryl methyl sites for hydroxylation is 1. The summed E-state index contributed by atoms with van der Waals surface area (Å²) in [4.78, 5) is -0.147. The molecule has 10 heteroatoms. The lowest BCUT2D eigenvalue weighted by molar-refractivity contribution is -0.143. The first-order valence-corrected chi connectivity index (χ1v) is 8.62. The Morgan fingerprint density at radius 3 is 1.73 bits per heavy atom. The first kappa shape index (κ1) is 20.2. The minimum Gasteiger partial charge on any atom is -0.207 e. The molecule has 0 atom stereocenters. The Balaban J connectivity index is 2.32. The largest absolute Gasteiger partial charge is 0.416 e. The molecule has 0 amide bonds. The monoisotopic (exact) mass is 397 g/mol. The van der Waals surface area contributed by atoms with E-state index in [0.717, 1.165) is 5.56 Å². The van der Waals surface area contributed by atoms with Gasteiger partial charge in [0.25, 0.3) is 0 Å². The Bertz CT molecular complexity index is 854. The summed E-state index contributed by atoms with van der Waals surface area (Å²) >= 11 is 0. The van der Waals surface area contributed by atoms with E-state index in [2.05, 4.69) is 0 Å². The van der Waals surface area contributed by atoms with Gasteiger partial charge in [0.05, 0.1) is 16.0 Å².